The van der Waals surface area contributed by atoms with E-state index in [0.717, 1.165) is 24.8 Å². The summed E-state index contributed by atoms with van der Waals surface area (Å²) < 4.78 is 68.0. The minimum Gasteiger partial charge on any atom is -0.382 e. The summed E-state index contributed by atoms with van der Waals surface area (Å²) in [5.41, 5.74) is 2.57. The fraction of sp³-hybridized carbons (Fsp3) is 0.471. The van der Waals surface area contributed by atoms with E-state index in [2.05, 4.69) is 4.98 Å². The van der Waals surface area contributed by atoms with E-state index in [0.29, 0.717) is 84.9 Å². The van der Waals surface area contributed by atoms with Crippen molar-refractivity contribution in [3.8, 4) is 11.3 Å². The fourth-order valence-electron chi connectivity index (χ4n) is 6.53. The summed E-state index contributed by atoms with van der Waals surface area (Å²) in [5.74, 6) is 0.0647. The molecule has 5 rings (SSSR count). The van der Waals surface area contributed by atoms with Crippen molar-refractivity contribution in [1.29, 1.82) is 0 Å². The number of aliphatic hydroxyl groups excluding tert-OH is 1. The van der Waals surface area contributed by atoms with E-state index in [9.17, 15) is 36.3 Å². The number of sulfonamides is 1. The molecule has 3 heterocycles. The highest BCUT2D eigenvalue weighted by Crippen LogP contribution is 2.41. The number of hydrogen-bond acceptors (Lipinski definition) is 5. The van der Waals surface area contributed by atoms with Crippen LogP contribution in [0.1, 0.15) is 51.0 Å². The number of fused-ring (bicyclic) bond motifs is 3. The van der Waals surface area contributed by atoms with E-state index in [-0.39, 0.29) is 16.7 Å². The van der Waals surface area contributed by atoms with Crippen LogP contribution in [0.4, 0.5) is 13.2 Å². The van der Waals surface area contributed by atoms with Crippen molar-refractivity contribution < 1.29 is 31.5 Å². The summed E-state index contributed by atoms with van der Waals surface area (Å²) in [6.45, 7) is 2.31. The van der Waals surface area contributed by atoms with Crippen LogP contribution in [0.15, 0.2) is 53.3 Å². The molecule has 2 aromatic carbocycles. The van der Waals surface area contributed by atoms with Gasteiger partial charge in [0.05, 0.1) is 28.5 Å². The van der Waals surface area contributed by atoms with Crippen LogP contribution in [-0.4, -0.2) is 82.4 Å². The van der Waals surface area contributed by atoms with Gasteiger partial charge in [0.25, 0.3) is 0 Å². The third-order valence-corrected chi connectivity index (χ3v) is 11.2. The van der Waals surface area contributed by atoms with Crippen LogP contribution < -0.4 is 5.56 Å². The molecule has 4 aromatic rings. The Morgan fingerprint density at radius 2 is 1.65 bits per heavy atom. The minimum absolute atomic E-state index is 0.0201. The first-order valence-corrected chi connectivity index (χ1v) is 18.2. The second-order valence-electron chi connectivity index (χ2n) is 12.2. The van der Waals surface area contributed by atoms with Crippen LogP contribution in [-0.2, 0) is 27.8 Å². The molecule has 9 nitrogen and oxygen atoms in total. The predicted octanol–water partition coefficient (Wildman–Crippen LogP) is 6.10. The quantitative estimate of drug-likeness (QED) is 0.163. The smallest absolute Gasteiger partial charge is 0.382 e. The number of carbonyl (C=O) groups is 1. The molecule has 260 valence electrons. The highest BCUT2D eigenvalue weighted by Gasteiger charge is 2.39. The summed E-state index contributed by atoms with van der Waals surface area (Å²) in [6.07, 6.45) is -2.65. The maximum Gasteiger partial charge on any atom is 0.416 e. The Labute approximate surface area is 282 Å². The maximum atomic E-state index is 13.6. The zero-order chi connectivity index (χ0) is 34.6. The SMILES string of the molecule is CCS(=O)(=O)N1CCN(C(=O)CCCCCCCc2c(-c3ccccc3)n(C[C@@H](O)C(F)(F)F)c3ccc4[nH]c(=O)cc(Cl)c4c23)CC1. The number of aromatic amines is 1. The molecule has 48 heavy (non-hydrogen) atoms. The number of unbranched alkanes of at least 4 members (excludes halogenated alkanes) is 4. The van der Waals surface area contributed by atoms with Crippen molar-refractivity contribution in [2.24, 2.45) is 0 Å². The van der Waals surface area contributed by atoms with E-state index >= 15 is 0 Å². The van der Waals surface area contributed by atoms with Gasteiger partial charge in [0, 0.05) is 55.0 Å². The summed E-state index contributed by atoms with van der Waals surface area (Å²) in [7, 11) is -3.26. The van der Waals surface area contributed by atoms with Crippen LogP contribution in [0.3, 0.4) is 0 Å². The number of nitrogens with one attached hydrogen (secondary N) is 1. The Morgan fingerprint density at radius 1 is 0.979 bits per heavy atom. The number of H-pyrrole nitrogens is 1. The number of aryl methyl sites for hydroxylation is 1. The Balaban J connectivity index is 1.32. The Bertz CT molecular complexity index is 1920. The molecular formula is C34H40ClF3N4O5S. The number of aliphatic hydroxyl groups is 1. The van der Waals surface area contributed by atoms with Gasteiger partial charge < -0.3 is 19.6 Å². The molecule has 0 radical (unpaired) electrons. The van der Waals surface area contributed by atoms with Gasteiger partial charge in [-0.1, -0.05) is 61.2 Å². The van der Waals surface area contributed by atoms with Gasteiger partial charge in [-0.3, -0.25) is 9.59 Å². The number of hydrogen-bond donors (Lipinski definition) is 2. The number of benzene rings is 2. The largest absolute Gasteiger partial charge is 0.416 e. The molecule has 0 spiro atoms. The lowest BCUT2D eigenvalue weighted by Gasteiger charge is -2.33. The summed E-state index contributed by atoms with van der Waals surface area (Å²) in [4.78, 5) is 29.4. The number of piperazine rings is 1. The number of nitrogens with zero attached hydrogens (tertiary/aromatic N) is 3. The Kier molecular flexibility index (Phi) is 11.2. The van der Waals surface area contributed by atoms with Gasteiger partial charge in [-0.15, -0.1) is 0 Å². The minimum atomic E-state index is -4.82. The van der Waals surface area contributed by atoms with Gasteiger partial charge in [-0.05, 0) is 49.4 Å². The van der Waals surface area contributed by atoms with Crippen LogP contribution in [0.2, 0.25) is 5.02 Å². The van der Waals surface area contributed by atoms with Crippen LogP contribution >= 0.6 is 11.6 Å². The number of rotatable bonds is 13. The van der Waals surface area contributed by atoms with Crippen LogP contribution in [0.5, 0.6) is 0 Å². The lowest BCUT2D eigenvalue weighted by atomic mass is 9.97. The number of halogens is 4. The van der Waals surface area contributed by atoms with Gasteiger partial charge in [-0.2, -0.15) is 17.5 Å². The van der Waals surface area contributed by atoms with E-state index in [1.165, 1.54) is 14.9 Å². The van der Waals surface area contributed by atoms with E-state index in [4.69, 9.17) is 11.6 Å². The van der Waals surface area contributed by atoms with Crippen molar-refractivity contribution in [2.45, 2.75) is 70.7 Å². The molecule has 1 aliphatic heterocycles. The van der Waals surface area contributed by atoms with Crippen molar-refractivity contribution in [1.82, 2.24) is 18.8 Å². The summed E-state index contributed by atoms with van der Waals surface area (Å²) >= 11 is 6.61. The second-order valence-corrected chi connectivity index (χ2v) is 14.8. The van der Waals surface area contributed by atoms with Crippen LogP contribution in [0.25, 0.3) is 33.1 Å². The summed E-state index contributed by atoms with van der Waals surface area (Å²) in [5, 5.41) is 11.5. The lowest BCUT2D eigenvalue weighted by Crippen LogP contribution is -2.50. The monoisotopic (exact) mass is 708 g/mol. The highest BCUT2D eigenvalue weighted by molar-refractivity contribution is 7.89. The molecular weight excluding hydrogens is 669 g/mol. The van der Waals surface area contributed by atoms with Crippen molar-refractivity contribution in [3.05, 3.63) is 69.5 Å². The van der Waals surface area contributed by atoms with Crippen molar-refractivity contribution in [2.75, 3.05) is 31.9 Å². The zero-order valence-electron chi connectivity index (χ0n) is 26.7. The lowest BCUT2D eigenvalue weighted by molar-refractivity contribution is -0.207. The Morgan fingerprint density at radius 3 is 2.31 bits per heavy atom. The molecule has 0 unspecified atom stereocenters. The van der Waals surface area contributed by atoms with Crippen molar-refractivity contribution >= 4 is 49.3 Å². The average Bonchev–Trinajstić information content (AvgIpc) is 3.36. The first-order valence-electron chi connectivity index (χ1n) is 16.2. The molecule has 0 saturated carbocycles. The van der Waals surface area contributed by atoms with Gasteiger partial charge in [0.2, 0.25) is 21.5 Å². The molecule has 0 bridgehead atoms. The Hall–Kier alpha value is -3.39. The number of aromatic nitrogens is 2. The third kappa shape index (κ3) is 7.90. The fourth-order valence-corrected chi connectivity index (χ4v) is 7.91. The molecule has 2 N–H and O–H groups in total. The highest BCUT2D eigenvalue weighted by atomic mass is 35.5. The van der Waals surface area contributed by atoms with Gasteiger partial charge in [0.15, 0.2) is 6.10 Å². The maximum absolute atomic E-state index is 13.6. The molecule has 1 amide bonds. The van der Waals surface area contributed by atoms with Gasteiger partial charge in [-0.25, -0.2) is 8.42 Å². The summed E-state index contributed by atoms with van der Waals surface area (Å²) in [6, 6.07) is 13.6. The van der Waals surface area contributed by atoms with Gasteiger partial charge in [0.1, 0.15) is 0 Å². The molecule has 1 atom stereocenters. The average molecular weight is 709 g/mol. The van der Waals surface area contributed by atoms with Gasteiger partial charge >= 0.3 is 6.18 Å². The third-order valence-electron chi connectivity index (χ3n) is 9.03. The first-order chi connectivity index (χ1) is 22.8. The topological polar surface area (TPSA) is 116 Å². The standard InChI is InChI=1S/C34H40ClF3N4O5S/c1-2-48(46,47)41-19-17-40(18-20-41)30(45)14-10-5-3-4-9-13-24-31-27(16-15-26-32(31)25(35)21-29(44)39-26)42(22-28(43)34(36,37)38)33(24)23-11-7-6-8-12-23/h6-8,11-12,15-16,21,28,43H,2-5,9-10,13-14,17-20,22H2,1H3,(H,39,44)/t28-/m1/s1. The molecule has 0 aliphatic carbocycles. The molecule has 14 heteroatoms. The molecule has 1 aliphatic rings. The zero-order valence-corrected chi connectivity index (χ0v) is 28.3. The van der Waals surface area contributed by atoms with E-state index in [1.807, 2.05) is 18.2 Å². The van der Waals surface area contributed by atoms with Crippen LogP contribution in [0, 0.1) is 0 Å². The van der Waals surface area contributed by atoms with E-state index < -0.39 is 34.4 Å². The predicted molar refractivity (Wildman–Crippen MR) is 182 cm³/mol. The number of carbonyl (C=O) groups excluding carboxylic acids is 1. The molecule has 1 saturated heterocycles. The first kappa shape index (κ1) is 35.9. The molecule has 2 aromatic heterocycles. The van der Waals surface area contributed by atoms with E-state index in [1.54, 1.807) is 36.1 Å². The molecule has 1 fully saturated rings. The number of alkyl halides is 3. The second kappa shape index (κ2) is 15.0. The van der Waals surface area contributed by atoms with Crippen molar-refractivity contribution in [3.63, 3.8) is 0 Å². The normalized spacial score (nSPS) is 15.4. The number of amides is 1. The number of pyridine rings is 1.